The number of hydrogen-bond donors (Lipinski definition) is 2. The Labute approximate surface area is 122 Å². The zero-order chi connectivity index (χ0) is 13.9. The topological polar surface area (TPSA) is 97.1 Å². The van der Waals surface area contributed by atoms with E-state index in [2.05, 4.69) is 31.0 Å². The highest BCUT2D eigenvalue weighted by Crippen LogP contribution is 2.31. The second-order valence-corrected chi connectivity index (χ2v) is 7.76. The molecule has 7 nitrogen and oxygen atoms in total. The van der Waals surface area contributed by atoms with Crippen molar-refractivity contribution in [2.45, 2.75) is 18.0 Å². The Morgan fingerprint density at radius 2 is 2.32 bits per heavy atom. The lowest BCUT2D eigenvalue weighted by Crippen LogP contribution is -2.27. The number of sulfonamides is 1. The molecule has 2 heterocycles. The maximum absolute atomic E-state index is 12.0. The van der Waals surface area contributed by atoms with Crippen LogP contribution >= 0.6 is 27.3 Å². The number of nitrogens with one attached hydrogen (secondary N) is 1. The number of nitrogens with zero attached hydrogens (tertiary/aromatic N) is 3. The van der Waals surface area contributed by atoms with Crippen LogP contribution < -0.4 is 4.72 Å². The van der Waals surface area contributed by atoms with E-state index in [0.717, 1.165) is 0 Å². The van der Waals surface area contributed by atoms with Gasteiger partial charge in [0.2, 0.25) is 10.0 Å². The predicted molar refractivity (Wildman–Crippen MR) is 73.2 cm³/mol. The van der Waals surface area contributed by atoms with Crippen LogP contribution in [0.1, 0.15) is 4.88 Å². The molecular weight excluding hydrogens is 356 g/mol. The van der Waals surface area contributed by atoms with Crippen LogP contribution in [-0.2, 0) is 23.2 Å². The zero-order valence-corrected chi connectivity index (χ0v) is 12.9. The Hall–Kier alpha value is -0.810. The largest absolute Gasteiger partial charge is 0.391 e. The Morgan fingerprint density at radius 1 is 1.53 bits per heavy atom. The van der Waals surface area contributed by atoms with Crippen molar-refractivity contribution in [1.29, 1.82) is 0 Å². The van der Waals surface area contributed by atoms with Gasteiger partial charge in [-0.3, -0.25) is 4.68 Å². The average Bonchev–Trinajstić information content (AvgIpc) is 2.98. The zero-order valence-electron chi connectivity index (χ0n) is 9.65. The molecule has 0 spiro atoms. The van der Waals surface area contributed by atoms with Crippen LogP contribution in [0, 0.1) is 0 Å². The normalized spacial score (nSPS) is 11.9. The lowest BCUT2D eigenvalue weighted by Gasteiger charge is -2.05. The fraction of sp³-hybridized carbons (Fsp3) is 0.333. The molecular formula is C9H11BrN4O3S2. The number of aliphatic hydroxyl groups excluding tert-OH is 1. The van der Waals surface area contributed by atoms with E-state index in [0.29, 0.717) is 15.2 Å². The summed E-state index contributed by atoms with van der Waals surface area (Å²) in [5.74, 6) is 0. The van der Waals surface area contributed by atoms with Crippen molar-refractivity contribution in [3.8, 4) is 0 Å². The molecule has 2 N–H and O–H groups in total. The van der Waals surface area contributed by atoms with Crippen molar-refractivity contribution < 1.29 is 13.5 Å². The van der Waals surface area contributed by atoms with Gasteiger partial charge in [0.25, 0.3) is 0 Å². The molecule has 10 heteroatoms. The first-order valence-electron chi connectivity index (χ1n) is 5.26. The summed E-state index contributed by atoms with van der Waals surface area (Å²) in [6.07, 6.45) is 3.18. The first kappa shape index (κ1) is 14.6. The molecule has 0 fully saturated rings. The molecule has 0 aromatic carbocycles. The molecule has 2 aromatic rings. The highest BCUT2D eigenvalue weighted by molar-refractivity contribution is 9.11. The summed E-state index contributed by atoms with van der Waals surface area (Å²) in [6, 6.07) is 1.45. The standard InChI is InChI=1S/C9H11BrN4O3S2/c10-9-8(5-7(6-15)18-9)19(16,17)12-2-4-14-3-1-11-13-14/h1,3,5,12,15H,2,4,6H2. The maximum Gasteiger partial charge on any atom is 0.242 e. The van der Waals surface area contributed by atoms with Crippen molar-refractivity contribution in [3.63, 3.8) is 0 Å². The molecule has 0 saturated heterocycles. The number of thiophene rings is 1. The summed E-state index contributed by atoms with van der Waals surface area (Å²) in [4.78, 5) is 0.726. The van der Waals surface area contributed by atoms with Gasteiger partial charge in [0.15, 0.2) is 0 Å². The molecule has 0 aliphatic rings. The van der Waals surface area contributed by atoms with Gasteiger partial charge in [-0.2, -0.15) is 0 Å². The second kappa shape index (κ2) is 6.09. The van der Waals surface area contributed by atoms with E-state index in [4.69, 9.17) is 5.11 Å². The van der Waals surface area contributed by atoms with Crippen molar-refractivity contribution in [2.75, 3.05) is 6.54 Å². The van der Waals surface area contributed by atoms with Crippen molar-refractivity contribution in [3.05, 3.63) is 27.1 Å². The Bertz CT molecular complexity index is 638. The molecule has 0 aliphatic carbocycles. The fourth-order valence-corrected chi connectivity index (χ4v) is 4.94. The Morgan fingerprint density at radius 3 is 2.89 bits per heavy atom. The lowest BCUT2D eigenvalue weighted by molar-refractivity contribution is 0.285. The van der Waals surface area contributed by atoms with Crippen LogP contribution in [0.5, 0.6) is 0 Å². The molecule has 0 amide bonds. The molecule has 0 radical (unpaired) electrons. The summed E-state index contributed by atoms with van der Waals surface area (Å²) < 4.78 is 28.6. The van der Waals surface area contributed by atoms with E-state index in [1.807, 2.05) is 0 Å². The van der Waals surface area contributed by atoms with Crippen molar-refractivity contribution in [1.82, 2.24) is 19.7 Å². The van der Waals surface area contributed by atoms with Crippen LogP contribution in [-0.4, -0.2) is 35.1 Å². The van der Waals surface area contributed by atoms with Gasteiger partial charge in [-0.25, -0.2) is 13.1 Å². The highest BCUT2D eigenvalue weighted by atomic mass is 79.9. The van der Waals surface area contributed by atoms with Crippen LogP contribution in [0.2, 0.25) is 0 Å². The molecule has 2 rings (SSSR count). The lowest BCUT2D eigenvalue weighted by atomic mass is 10.5. The summed E-state index contributed by atoms with van der Waals surface area (Å²) in [6.45, 7) is 0.425. The average molecular weight is 367 g/mol. The minimum Gasteiger partial charge on any atom is -0.391 e. The number of hydrogen-bond acceptors (Lipinski definition) is 6. The van der Waals surface area contributed by atoms with Crippen LogP contribution in [0.25, 0.3) is 0 Å². The minimum atomic E-state index is -3.59. The van der Waals surface area contributed by atoms with E-state index >= 15 is 0 Å². The quantitative estimate of drug-likeness (QED) is 0.778. The van der Waals surface area contributed by atoms with E-state index in [1.165, 1.54) is 28.3 Å². The van der Waals surface area contributed by atoms with E-state index in [1.54, 1.807) is 6.20 Å². The Kier molecular flexibility index (Phi) is 4.68. The van der Waals surface area contributed by atoms with E-state index < -0.39 is 10.0 Å². The van der Waals surface area contributed by atoms with Crippen LogP contribution in [0.15, 0.2) is 27.1 Å². The van der Waals surface area contributed by atoms with Gasteiger partial charge in [0.1, 0.15) is 4.90 Å². The van der Waals surface area contributed by atoms with Crippen molar-refractivity contribution >= 4 is 37.3 Å². The molecule has 0 saturated carbocycles. The summed E-state index contributed by atoms with van der Waals surface area (Å²) >= 11 is 4.38. The first-order chi connectivity index (χ1) is 9.03. The summed E-state index contributed by atoms with van der Waals surface area (Å²) in [5.41, 5.74) is 0. The van der Waals surface area contributed by atoms with Gasteiger partial charge < -0.3 is 5.11 Å². The maximum atomic E-state index is 12.0. The molecule has 104 valence electrons. The van der Waals surface area contributed by atoms with Crippen molar-refractivity contribution in [2.24, 2.45) is 0 Å². The number of rotatable bonds is 6. The predicted octanol–water partition coefficient (Wildman–Crippen LogP) is 0.573. The summed E-state index contributed by atoms with van der Waals surface area (Å²) in [7, 11) is -3.59. The van der Waals surface area contributed by atoms with Gasteiger partial charge in [0.05, 0.1) is 23.1 Å². The van der Waals surface area contributed by atoms with Gasteiger partial charge >= 0.3 is 0 Å². The molecule has 0 unspecified atom stereocenters. The first-order valence-corrected chi connectivity index (χ1v) is 8.35. The van der Waals surface area contributed by atoms with Crippen LogP contribution in [0.3, 0.4) is 0 Å². The molecule has 2 aromatic heterocycles. The Balaban J connectivity index is 2.03. The molecule has 0 aliphatic heterocycles. The highest BCUT2D eigenvalue weighted by Gasteiger charge is 2.20. The number of aliphatic hydroxyl groups is 1. The minimum absolute atomic E-state index is 0.139. The summed E-state index contributed by atoms with van der Waals surface area (Å²) in [5, 5.41) is 16.4. The smallest absolute Gasteiger partial charge is 0.242 e. The fourth-order valence-electron chi connectivity index (χ4n) is 1.38. The third-order valence-electron chi connectivity index (χ3n) is 2.26. The molecule has 19 heavy (non-hydrogen) atoms. The van der Waals surface area contributed by atoms with Crippen LogP contribution in [0.4, 0.5) is 0 Å². The van der Waals surface area contributed by atoms with Gasteiger partial charge in [0, 0.05) is 17.6 Å². The van der Waals surface area contributed by atoms with E-state index in [9.17, 15) is 8.42 Å². The monoisotopic (exact) mass is 366 g/mol. The number of aromatic nitrogens is 3. The second-order valence-electron chi connectivity index (χ2n) is 3.57. The SMILES string of the molecule is O=S(=O)(NCCn1ccnn1)c1cc(CO)sc1Br. The van der Waals surface area contributed by atoms with Gasteiger partial charge in [-0.1, -0.05) is 5.21 Å². The van der Waals surface area contributed by atoms with Gasteiger partial charge in [-0.05, 0) is 22.0 Å². The third kappa shape index (κ3) is 3.60. The number of halogens is 1. The third-order valence-corrected chi connectivity index (χ3v) is 5.95. The van der Waals surface area contributed by atoms with E-state index in [-0.39, 0.29) is 18.0 Å². The molecule has 0 bridgehead atoms. The molecule has 0 atom stereocenters. The van der Waals surface area contributed by atoms with Gasteiger partial charge in [-0.15, -0.1) is 16.4 Å².